The fourth-order valence-electron chi connectivity index (χ4n) is 1.51. The van der Waals surface area contributed by atoms with Crippen LogP contribution in [0.5, 0.6) is 0 Å². The van der Waals surface area contributed by atoms with Crippen molar-refractivity contribution in [2.45, 2.75) is 39.8 Å². The molecular weight excluding hydrogens is 268 g/mol. The molecule has 0 saturated carbocycles. The number of aryl methyl sites for hydroxylation is 1. The number of amides is 1. The standard InChI is InChI=1S/C12H19ClN4O2/c1-4-5-17-12(19)11(13)9(6-15-17)14-7-10(18)16-8(2)3/h6,8,14H,4-5,7H2,1-3H3,(H,16,18). The van der Waals surface area contributed by atoms with Gasteiger partial charge in [0.25, 0.3) is 5.56 Å². The van der Waals surface area contributed by atoms with E-state index < -0.39 is 0 Å². The van der Waals surface area contributed by atoms with Crippen LogP contribution in [0.15, 0.2) is 11.0 Å². The first kappa shape index (κ1) is 15.5. The molecule has 0 atom stereocenters. The van der Waals surface area contributed by atoms with E-state index in [2.05, 4.69) is 15.7 Å². The van der Waals surface area contributed by atoms with Gasteiger partial charge in [0, 0.05) is 12.6 Å². The quantitative estimate of drug-likeness (QED) is 0.825. The summed E-state index contributed by atoms with van der Waals surface area (Å²) >= 11 is 5.96. The molecule has 0 radical (unpaired) electrons. The van der Waals surface area contributed by atoms with E-state index in [9.17, 15) is 9.59 Å². The molecule has 0 aromatic carbocycles. The average Bonchev–Trinajstić information content (AvgIpc) is 2.33. The number of carbonyl (C=O) groups is 1. The number of anilines is 1. The monoisotopic (exact) mass is 286 g/mol. The van der Waals surface area contributed by atoms with Crippen LogP contribution in [0.3, 0.4) is 0 Å². The van der Waals surface area contributed by atoms with Gasteiger partial charge in [-0.2, -0.15) is 5.10 Å². The second-order valence-electron chi connectivity index (χ2n) is 4.48. The van der Waals surface area contributed by atoms with Crippen molar-refractivity contribution < 1.29 is 4.79 Å². The summed E-state index contributed by atoms with van der Waals surface area (Å²) in [6.07, 6.45) is 2.26. The molecule has 0 fully saturated rings. The Balaban J connectivity index is 2.73. The number of hydrogen-bond donors (Lipinski definition) is 2. The van der Waals surface area contributed by atoms with Crippen LogP contribution in [0.2, 0.25) is 5.02 Å². The first-order valence-electron chi connectivity index (χ1n) is 6.24. The normalized spacial score (nSPS) is 10.6. The minimum Gasteiger partial charge on any atom is -0.373 e. The van der Waals surface area contributed by atoms with Crippen LogP contribution in [0.4, 0.5) is 5.69 Å². The molecule has 1 rings (SSSR count). The third kappa shape index (κ3) is 4.55. The molecule has 2 N–H and O–H groups in total. The van der Waals surface area contributed by atoms with Gasteiger partial charge < -0.3 is 10.6 Å². The van der Waals surface area contributed by atoms with E-state index in [1.165, 1.54) is 10.9 Å². The van der Waals surface area contributed by atoms with Crippen LogP contribution in [0.1, 0.15) is 27.2 Å². The predicted molar refractivity (Wildman–Crippen MR) is 75.6 cm³/mol. The van der Waals surface area contributed by atoms with Crippen LogP contribution in [0.25, 0.3) is 0 Å². The van der Waals surface area contributed by atoms with Crippen LogP contribution in [0, 0.1) is 0 Å². The fourth-order valence-corrected chi connectivity index (χ4v) is 1.72. The van der Waals surface area contributed by atoms with Crippen LogP contribution in [-0.4, -0.2) is 28.3 Å². The maximum atomic E-state index is 11.8. The van der Waals surface area contributed by atoms with Crippen molar-refractivity contribution >= 4 is 23.2 Å². The summed E-state index contributed by atoms with van der Waals surface area (Å²) in [7, 11) is 0. The molecule has 19 heavy (non-hydrogen) atoms. The molecule has 7 heteroatoms. The number of nitrogens with one attached hydrogen (secondary N) is 2. The van der Waals surface area contributed by atoms with Crippen molar-refractivity contribution in [2.75, 3.05) is 11.9 Å². The lowest BCUT2D eigenvalue weighted by atomic mass is 10.4. The predicted octanol–water partition coefficient (Wildman–Crippen LogP) is 1.24. The number of nitrogens with zero attached hydrogens (tertiary/aromatic N) is 2. The Morgan fingerprint density at radius 2 is 2.21 bits per heavy atom. The zero-order valence-corrected chi connectivity index (χ0v) is 12.1. The number of rotatable bonds is 6. The largest absolute Gasteiger partial charge is 0.373 e. The smallest absolute Gasteiger partial charge is 0.287 e. The minimum atomic E-state index is -0.349. The van der Waals surface area contributed by atoms with E-state index in [1.54, 1.807) is 0 Å². The molecule has 0 aliphatic heterocycles. The molecule has 1 aromatic heterocycles. The molecule has 0 aliphatic rings. The van der Waals surface area contributed by atoms with Gasteiger partial charge in [0.15, 0.2) is 0 Å². The second-order valence-corrected chi connectivity index (χ2v) is 4.85. The molecule has 1 aromatic rings. The van der Waals surface area contributed by atoms with Crippen molar-refractivity contribution in [3.63, 3.8) is 0 Å². The highest BCUT2D eigenvalue weighted by Crippen LogP contribution is 2.14. The molecule has 6 nitrogen and oxygen atoms in total. The second kappa shape index (κ2) is 7.13. The summed E-state index contributed by atoms with van der Waals surface area (Å²) < 4.78 is 1.31. The molecule has 0 bridgehead atoms. The first-order chi connectivity index (χ1) is 8.95. The third-order valence-electron chi connectivity index (χ3n) is 2.31. The third-order valence-corrected chi connectivity index (χ3v) is 2.67. The lowest BCUT2D eigenvalue weighted by molar-refractivity contribution is -0.119. The Kier molecular flexibility index (Phi) is 5.82. The lowest BCUT2D eigenvalue weighted by Crippen LogP contribution is -2.35. The molecule has 106 valence electrons. The Bertz CT molecular complexity index is 499. The highest BCUT2D eigenvalue weighted by molar-refractivity contribution is 6.33. The molecule has 1 amide bonds. The first-order valence-corrected chi connectivity index (χ1v) is 6.62. The maximum Gasteiger partial charge on any atom is 0.287 e. The summed E-state index contributed by atoms with van der Waals surface area (Å²) in [5, 5.41) is 9.59. The van der Waals surface area contributed by atoms with Crippen molar-refractivity contribution in [3.05, 3.63) is 21.6 Å². The van der Waals surface area contributed by atoms with Gasteiger partial charge in [0.05, 0.1) is 18.4 Å². The van der Waals surface area contributed by atoms with Crippen LogP contribution >= 0.6 is 11.6 Å². The zero-order chi connectivity index (χ0) is 14.4. The summed E-state index contributed by atoms with van der Waals surface area (Å²) in [6.45, 7) is 6.27. The van der Waals surface area contributed by atoms with E-state index in [1.807, 2.05) is 20.8 Å². The van der Waals surface area contributed by atoms with Crippen molar-refractivity contribution in [2.24, 2.45) is 0 Å². The van der Waals surface area contributed by atoms with E-state index in [0.717, 1.165) is 6.42 Å². The summed E-state index contributed by atoms with van der Waals surface area (Å²) in [4.78, 5) is 23.3. The Morgan fingerprint density at radius 3 is 2.79 bits per heavy atom. The van der Waals surface area contributed by atoms with E-state index in [0.29, 0.717) is 12.2 Å². The highest BCUT2D eigenvalue weighted by Gasteiger charge is 2.10. The van der Waals surface area contributed by atoms with Gasteiger partial charge >= 0.3 is 0 Å². The highest BCUT2D eigenvalue weighted by atomic mass is 35.5. The number of hydrogen-bond acceptors (Lipinski definition) is 4. The van der Waals surface area contributed by atoms with Gasteiger partial charge in [0.1, 0.15) is 5.02 Å². The van der Waals surface area contributed by atoms with E-state index in [-0.39, 0.29) is 29.1 Å². The van der Waals surface area contributed by atoms with Gasteiger partial charge in [0.2, 0.25) is 5.91 Å². The minimum absolute atomic E-state index is 0.0524. The molecule has 0 aliphatic carbocycles. The fraction of sp³-hybridized carbons (Fsp3) is 0.583. The Labute approximate surface area is 117 Å². The summed E-state index contributed by atoms with van der Waals surface area (Å²) in [5.41, 5.74) is 0.0238. The lowest BCUT2D eigenvalue weighted by Gasteiger charge is -2.11. The Morgan fingerprint density at radius 1 is 1.53 bits per heavy atom. The topological polar surface area (TPSA) is 76.0 Å². The molecular formula is C12H19ClN4O2. The van der Waals surface area contributed by atoms with E-state index in [4.69, 9.17) is 11.6 Å². The number of halogens is 1. The van der Waals surface area contributed by atoms with Gasteiger partial charge in [-0.25, -0.2) is 4.68 Å². The number of aromatic nitrogens is 2. The summed E-state index contributed by atoms with van der Waals surface area (Å²) in [6, 6.07) is 0.0699. The van der Waals surface area contributed by atoms with Gasteiger partial charge in [-0.15, -0.1) is 0 Å². The maximum absolute atomic E-state index is 11.8. The van der Waals surface area contributed by atoms with Crippen molar-refractivity contribution in [1.29, 1.82) is 0 Å². The van der Waals surface area contributed by atoms with Gasteiger partial charge in [-0.3, -0.25) is 9.59 Å². The van der Waals surface area contributed by atoms with E-state index >= 15 is 0 Å². The molecule has 0 saturated heterocycles. The van der Waals surface area contributed by atoms with Crippen LogP contribution < -0.4 is 16.2 Å². The van der Waals surface area contributed by atoms with Crippen molar-refractivity contribution in [1.82, 2.24) is 15.1 Å². The van der Waals surface area contributed by atoms with Gasteiger partial charge in [-0.05, 0) is 20.3 Å². The zero-order valence-electron chi connectivity index (χ0n) is 11.4. The van der Waals surface area contributed by atoms with Crippen LogP contribution in [-0.2, 0) is 11.3 Å². The summed E-state index contributed by atoms with van der Waals surface area (Å²) in [5.74, 6) is -0.163. The molecule has 1 heterocycles. The molecule has 0 spiro atoms. The average molecular weight is 287 g/mol. The Hall–Kier alpha value is -1.56. The SMILES string of the molecule is CCCn1ncc(NCC(=O)NC(C)C)c(Cl)c1=O. The number of carbonyl (C=O) groups excluding carboxylic acids is 1. The van der Waals surface area contributed by atoms with Crippen molar-refractivity contribution in [3.8, 4) is 0 Å². The molecule has 0 unspecified atom stereocenters. The van der Waals surface area contributed by atoms with Gasteiger partial charge in [-0.1, -0.05) is 18.5 Å².